The Morgan fingerprint density at radius 3 is 2.73 bits per heavy atom. The summed E-state index contributed by atoms with van der Waals surface area (Å²) in [5.74, 6) is 7.42. The summed E-state index contributed by atoms with van der Waals surface area (Å²) in [5, 5.41) is 0. The molecule has 1 aliphatic heterocycles. The molecule has 0 saturated heterocycles. The fourth-order valence-electron chi connectivity index (χ4n) is 3.06. The summed E-state index contributed by atoms with van der Waals surface area (Å²) in [7, 11) is 1.73. The molecule has 2 aromatic rings. The van der Waals surface area contributed by atoms with Crippen LogP contribution in [0.15, 0.2) is 42.6 Å². The number of imidazole rings is 1. The second-order valence-electron chi connectivity index (χ2n) is 6.48. The molecule has 4 nitrogen and oxygen atoms in total. The Bertz CT molecular complexity index is 909. The fraction of sp³-hybridized carbons (Fsp3) is 0.318. The monoisotopic (exact) mass is 347 g/mol. The van der Waals surface area contributed by atoms with Gasteiger partial charge in [-0.15, -0.1) is 0 Å². The Kier molecular flexibility index (Phi) is 5.60. The zero-order chi connectivity index (χ0) is 18.5. The molecule has 0 radical (unpaired) electrons. The van der Waals surface area contributed by atoms with Gasteiger partial charge in [-0.1, -0.05) is 18.1 Å². The quantitative estimate of drug-likeness (QED) is 0.793. The average molecular weight is 347 g/mol. The molecule has 0 N–H and O–H groups in total. The van der Waals surface area contributed by atoms with Crippen molar-refractivity contribution in [3.63, 3.8) is 0 Å². The minimum Gasteiger partial charge on any atom is -0.383 e. The standard InChI is InChI=1S/C22H25N3O/c1-17-6-5-7-20(16-17)8-9-22-18(2)25(19(3)23-22)21-10-12-24(13-11-21)14-15-26-4/h5-7,10-12,16H,13-15H2,1-4H3. The van der Waals surface area contributed by atoms with E-state index in [9.17, 15) is 0 Å². The lowest BCUT2D eigenvalue weighted by Gasteiger charge is -2.23. The number of aromatic nitrogens is 2. The Morgan fingerprint density at radius 1 is 1.19 bits per heavy atom. The minimum atomic E-state index is 0.731. The van der Waals surface area contributed by atoms with Crippen LogP contribution in [0.3, 0.4) is 0 Å². The average Bonchev–Trinajstić information content (AvgIpc) is 2.92. The van der Waals surface area contributed by atoms with E-state index in [1.165, 1.54) is 5.56 Å². The first-order valence-electron chi connectivity index (χ1n) is 8.85. The summed E-state index contributed by atoms with van der Waals surface area (Å²) in [4.78, 5) is 6.90. The third-order valence-electron chi connectivity index (χ3n) is 4.45. The van der Waals surface area contributed by atoms with E-state index >= 15 is 0 Å². The van der Waals surface area contributed by atoms with Gasteiger partial charge in [-0.3, -0.25) is 0 Å². The molecule has 0 aliphatic carbocycles. The van der Waals surface area contributed by atoms with Crippen molar-refractivity contribution in [2.75, 3.05) is 26.8 Å². The topological polar surface area (TPSA) is 30.3 Å². The minimum absolute atomic E-state index is 0.731. The van der Waals surface area contributed by atoms with Crippen LogP contribution in [-0.2, 0) is 4.74 Å². The predicted molar refractivity (Wildman–Crippen MR) is 106 cm³/mol. The van der Waals surface area contributed by atoms with Crippen LogP contribution in [0.4, 0.5) is 0 Å². The van der Waals surface area contributed by atoms with Crippen LogP contribution in [0.5, 0.6) is 0 Å². The Labute approximate surface area is 155 Å². The van der Waals surface area contributed by atoms with Crippen molar-refractivity contribution in [2.45, 2.75) is 20.8 Å². The van der Waals surface area contributed by atoms with Gasteiger partial charge < -0.3 is 14.2 Å². The lowest BCUT2D eigenvalue weighted by atomic mass is 10.1. The van der Waals surface area contributed by atoms with Crippen LogP contribution in [0.2, 0.25) is 0 Å². The molecule has 2 heterocycles. The van der Waals surface area contributed by atoms with Gasteiger partial charge >= 0.3 is 0 Å². The molecular formula is C22H25N3O. The Morgan fingerprint density at radius 2 is 2.04 bits per heavy atom. The highest BCUT2D eigenvalue weighted by atomic mass is 16.5. The Balaban J connectivity index is 1.82. The molecule has 1 aliphatic rings. The highest BCUT2D eigenvalue weighted by molar-refractivity contribution is 5.61. The van der Waals surface area contributed by atoms with Crippen molar-refractivity contribution >= 4 is 5.70 Å². The summed E-state index contributed by atoms with van der Waals surface area (Å²) >= 11 is 0. The number of aryl methyl sites for hydroxylation is 2. The summed E-state index contributed by atoms with van der Waals surface area (Å²) in [6, 6.07) is 8.23. The molecule has 1 aromatic heterocycles. The first-order valence-corrected chi connectivity index (χ1v) is 8.85. The van der Waals surface area contributed by atoms with Crippen molar-refractivity contribution in [2.24, 2.45) is 0 Å². The molecule has 0 bridgehead atoms. The molecule has 3 rings (SSSR count). The maximum atomic E-state index is 5.14. The van der Waals surface area contributed by atoms with E-state index in [1.807, 2.05) is 19.1 Å². The molecule has 0 amide bonds. The van der Waals surface area contributed by atoms with Crippen LogP contribution >= 0.6 is 0 Å². The molecule has 0 saturated carbocycles. The fourth-order valence-corrected chi connectivity index (χ4v) is 3.06. The number of rotatable bonds is 4. The number of allylic oxidation sites excluding steroid dienone is 2. The molecule has 0 spiro atoms. The van der Waals surface area contributed by atoms with Crippen LogP contribution < -0.4 is 0 Å². The SMILES string of the molecule is COCCN1C=CC(n2c(C)nc(C#Cc3cccc(C)c3)c2C)=CC1. The molecule has 26 heavy (non-hydrogen) atoms. The smallest absolute Gasteiger partial charge is 0.135 e. The van der Waals surface area contributed by atoms with Gasteiger partial charge in [0.25, 0.3) is 0 Å². The van der Waals surface area contributed by atoms with Gasteiger partial charge in [-0.05, 0) is 56.5 Å². The molecule has 0 fully saturated rings. The zero-order valence-electron chi connectivity index (χ0n) is 15.9. The van der Waals surface area contributed by atoms with E-state index in [-0.39, 0.29) is 0 Å². The van der Waals surface area contributed by atoms with Crippen LogP contribution in [0, 0.1) is 32.6 Å². The molecular weight excluding hydrogens is 322 g/mol. The van der Waals surface area contributed by atoms with Gasteiger partial charge in [0.05, 0.1) is 12.3 Å². The maximum absolute atomic E-state index is 5.14. The van der Waals surface area contributed by atoms with Gasteiger partial charge in [0.1, 0.15) is 11.5 Å². The van der Waals surface area contributed by atoms with E-state index in [0.717, 1.165) is 48.2 Å². The van der Waals surface area contributed by atoms with Crippen molar-refractivity contribution in [3.05, 3.63) is 71.0 Å². The van der Waals surface area contributed by atoms with E-state index in [1.54, 1.807) is 7.11 Å². The third-order valence-corrected chi connectivity index (χ3v) is 4.45. The van der Waals surface area contributed by atoms with Crippen LogP contribution in [-0.4, -0.2) is 41.3 Å². The third kappa shape index (κ3) is 4.07. The van der Waals surface area contributed by atoms with E-state index in [0.29, 0.717) is 0 Å². The Hall–Kier alpha value is -2.77. The number of hydrogen-bond acceptors (Lipinski definition) is 3. The number of ether oxygens (including phenoxy) is 1. The lowest BCUT2D eigenvalue weighted by molar-refractivity contribution is 0.173. The molecule has 0 atom stereocenters. The number of hydrogen-bond donors (Lipinski definition) is 0. The highest BCUT2D eigenvalue weighted by Gasteiger charge is 2.14. The van der Waals surface area contributed by atoms with Gasteiger partial charge in [-0.25, -0.2) is 4.98 Å². The first-order chi connectivity index (χ1) is 12.6. The van der Waals surface area contributed by atoms with Gasteiger partial charge in [0, 0.05) is 37.7 Å². The van der Waals surface area contributed by atoms with Gasteiger partial charge in [0.15, 0.2) is 0 Å². The normalized spacial score (nSPS) is 13.4. The second kappa shape index (κ2) is 8.07. The summed E-state index contributed by atoms with van der Waals surface area (Å²) in [6.45, 7) is 8.67. The van der Waals surface area contributed by atoms with E-state index in [2.05, 4.69) is 70.6 Å². The summed E-state index contributed by atoms with van der Waals surface area (Å²) in [5.41, 5.74) is 5.28. The molecule has 1 aromatic carbocycles. The molecule has 0 unspecified atom stereocenters. The van der Waals surface area contributed by atoms with Gasteiger partial charge in [-0.2, -0.15) is 0 Å². The van der Waals surface area contributed by atoms with Crippen molar-refractivity contribution in [1.29, 1.82) is 0 Å². The van der Waals surface area contributed by atoms with Crippen molar-refractivity contribution < 1.29 is 4.74 Å². The number of benzene rings is 1. The zero-order valence-corrected chi connectivity index (χ0v) is 15.9. The van der Waals surface area contributed by atoms with Crippen molar-refractivity contribution in [1.82, 2.24) is 14.5 Å². The van der Waals surface area contributed by atoms with Crippen LogP contribution in [0.1, 0.15) is 28.3 Å². The number of methoxy groups -OCH3 is 1. The number of nitrogens with zero attached hydrogens (tertiary/aromatic N) is 3. The predicted octanol–water partition coefficient (Wildman–Crippen LogP) is 3.52. The van der Waals surface area contributed by atoms with E-state index in [4.69, 9.17) is 4.74 Å². The lowest BCUT2D eigenvalue weighted by Crippen LogP contribution is -2.24. The second-order valence-corrected chi connectivity index (χ2v) is 6.48. The first kappa shape index (κ1) is 18.0. The van der Waals surface area contributed by atoms with E-state index < -0.39 is 0 Å². The van der Waals surface area contributed by atoms with Crippen LogP contribution in [0.25, 0.3) is 5.70 Å². The maximum Gasteiger partial charge on any atom is 0.135 e. The van der Waals surface area contributed by atoms with Gasteiger partial charge in [0.2, 0.25) is 0 Å². The summed E-state index contributed by atoms with van der Waals surface area (Å²) in [6.07, 6.45) is 6.46. The largest absolute Gasteiger partial charge is 0.383 e. The molecule has 4 heteroatoms. The summed E-state index contributed by atoms with van der Waals surface area (Å²) < 4.78 is 7.31. The van der Waals surface area contributed by atoms with Crippen molar-refractivity contribution in [3.8, 4) is 11.8 Å². The molecule has 134 valence electrons. The highest BCUT2D eigenvalue weighted by Crippen LogP contribution is 2.20.